The zero-order valence-corrected chi connectivity index (χ0v) is 10.0. The summed E-state index contributed by atoms with van der Waals surface area (Å²) in [4.78, 5) is 6.30. The predicted octanol–water partition coefficient (Wildman–Crippen LogP) is 0.851. The molecule has 4 nitrogen and oxygen atoms in total. The molecule has 0 aliphatic heterocycles. The van der Waals surface area contributed by atoms with Crippen LogP contribution in [0.15, 0.2) is 12.5 Å². The molecule has 0 aliphatic rings. The smallest absolute Gasteiger partial charge is 0.0945 e. The number of aromatic nitrogens is 2. The van der Waals surface area contributed by atoms with Crippen molar-refractivity contribution in [3.8, 4) is 0 Å². The van der Waals surface area contributed by atoms with Crippen LogP contribution in [0.5, 0.6) is 0 Å². The second-order valence-electron chi connectivity index (χ2n) is 4.18. The van der Waals surface area contributed by atoms with Crippen molar-refractivity contribution in [3.63, 3.8) is 0 Å². The van der Waals surface area contributed by atoms with E-state index in [1.807, 2.05) is 24.1 Å². The number of unbranched alkanes of at least 4 members (excludes halogenated alkanes) is 1. The molecule has 1 aromatic heterocycles. The number of hydrogen-bond donors (Lipinski definition) is 1. The van der Waals surface area contributed by atoms with Crippen LogP contribution in [0.25, 0.3) is 0 Å². The fraction of sp³-hybridized carbons (Fsp3) is 0.727. The monoisotopic (exact) mass is 210 g/mol. The quantitative estimate of drug-likeness (QED) is 0.677. The van der Waals surface area contributed by atoms with Gasteiger partial charge in [-0.25, -0.2) is 4.98 Å². The second kappa shape index (κ2) is 6.58. The Bertz CT molecular complexity index is 267. The highest BCUT2D eigenvalue weighted by Gasteiger charge is 1.96. The summed E-state index contributed by atoms with van der Waals surface area (Å²) in [6.07, 6.45) is 6.23. The van der Waals surface area contributed by atoms with Gasteiger partial charge in [0, 0.05) is 19.8 Å². The van der Waals surface area contributed by atoms with Crippen LogP contribution in [0.3, 0.4) is 0 Å². The van der Waals surface area contributed by atoms with E-state index >= 15 is 0 Å². The van der Waals surface area contributed by atoms with Crippen LogP contribution >= 0.6 is 0 Å². The minimum Gasteiger partial charge on any atom is -0.337 e. The first-order valence-electron chi connectivity index (χ1n) is 5.51. The second-order valence-corrected chi connectivity index (χ2v) is 4.18. The Morgan fingerprint density at radius 1 is 1.40 bits per heavy atom. The minimum absolute atomic E-state index is 0.915. The number of hydrogen-bond acceptors (Lipinski definition) is 3. The summed E-state index contributed by atoms with van der Waals surface area (Å²) in [5, 5.41) is 3.42. The molecule has 4 heteroatoms. The Hall–Kier alpha value is -0.870. The summed E-state index contributed by atoms with van der Waals surface area (Å²) in [6, 6.07) is 0. The van der Waals surface area contributed by atoms with Crippen molar-refractivity contribution in [2.45, 2.75) is 19.4 Å². The van der Waals surface area contributed by atoms with Crippen molar-refractivity contribution in [2.24, 2.45) is 7.05 Å². The third-order valence-electron chi connectivity index (χ3n) is 2.43. The Kier molecular flexibility index (Phi) is 5.36. The van der Waals surface area contributed by atoms with Gasteiger partial charge in [-0.05, 0) is 40.0 Å². The molecule has 0 unspecified atom stereocenters. The molecule has 1 rings (SSSR count). The predicted molar refractivity (Wildman–Crippen MR) is 62.7 cm³/mol. The summed E-state index contributed by atoms with van der Waals surface area (Å²) >= 11 is 0. The van der Waals surface area contributed by atoms with E-state index in [1.54, 1.807) is 0 Å². The topological polar surface area (TPSA) is 33.1 Å². The van der Waals surface area contributed by atoms with E-state index in [-0.39, 0.29) is 0 Å². The third kappa shape index (κ3) is 4.95. The van der Waals surface area contributed by atoms with E-state index in [1.165, 1.54) is 25.1 Å². The van der Waals surface area contributed by atoms with Crippen molar-refractivity contribution in [3.05, 3.63) is 18.2 Å². The van der Waals surface area contributed by atoms with Gasteiger partial charge >= 0.3 is 0 Å². The highest BCUT2D eigenvalue weighted by Crippen LogP contribution is 1.95. The lowest BCUT2D eigenvalue weighted by molar-refractivity contribution is 0.391. The molecular weight excluding hydrogens is 188 g/mol. The van der Waals surface area contributed by atoms with E-state index < -0.39 is 0 Å². The summed E-state index contributed by atoms with van der Waals surface area (Å²) in [6.45, 7) is 3.17. The number of imidazole rings is 1. The van der Waals surface area contributed by atoms with Crippen molar-refractivity contribution in [2.75, 3.05) is 27.2 Å². The van der Waals surface area contributed by atoms with Crippen LogP contribution in [-0.4, -0.2) is 41.6 Å². The summed E-state index contributed by atoms with van der Waals surface area (Å²) in [5.41, 5.74) is 1.24. The first-order valence-corrected chi connectivity index (χ1v) is 5.51. The molecule has 0 aliphatic carbocycles. The maximum Gasteiger partial charge on any atom is 0.0945 e. The summed E-state index contributed by atoms with van der Waals surface area (Å²) in [5.74, 6) is 0. The molecule has 0 saturated carbocycles. The summed E-state index contributed by atoms with van der Waals surface area (Å²) in [7, 11) is 6.25. The normalized spacial score (nSPS) is 11.2. The van der Waals surface area contributed by atoms with E-state index in [2.05, 4.69) is 29.3 Å². The molecule has 1 N–H and O–H groups in total. The van der Waals surface area contributed by atoms with Crippen LogP contribution in [0.4, 0.5) is 0 Å². The molecule has 0 radical (unpaired) electrons. The van der Waals surface area contributed by atoms with Gasteiger partial charge in [0.05, 0.1) is 12.0 Å². The van der Waals surface area contributed by atoms with Gasteiger partial charge < -0.3 is 14.8 Å². The van der Waals surface area contributed by atoms with Crippen molar-refractivity contribution >= 4 is 0 Å². The standard InChI is InChI=1S/C11H22N4/c1-14(2)7-5-4-6-12-8-11-9-13-10-15(11)3/h9-10,12H,4-8H2,1-3H3. The molecule has 1 aromatic rings. The van der Waals surface area contributed by atoms with Gasteiger partial charge in [0.25, 0.3) is 0 Å². The highest BCUT2D eigenvalue weighted by atomic mass is 15.1. The molecule has 0 atom stereocenters. The molecule has 1 heterocycles. The molecular formula is C11H22N4. The average Bonchev–Trinajstić information content (AvgIpc) is 2.57. The highest BCUT2D eigenvalue weighted by molar-refractivity contribution is 4.96. The van der Waals surface area contributed by atoms with Crippen LogP contribution in [0, 0.1) is 0 Å². The number of aryl methyl sites for hydroxylation is 1. The number of rotatable bonds is 7. The Labute approximate surface area is 92.3 Å². The SMILES string of the molecule is CN(C)CCCCNCc1cncn1C. The van der Waals surface area contributed by atoms with E-state index in [9.17, 15) is 0 Å². The van der Waals surface area contributed by atoms with Crippen molar-refractivity contribution < 1.29 is 0 Å². The molecule has 0 saturated heterocycles. The van der Waals surface area contributed by atoms with Gasteiger partial charge in [0.15, 0.2) is 0 Å². The first-order chi connectivity index (χ1) is 7.20. The van der Waals surface area contributed by atoms with Gasteiger partial charge in [-0.3, -0.25) is 0 Å². The van der Waals surface area contributed by atoms with E-state index in [0.717, 1.165) is 13.1 Å². The van der Waals surface area contributed by atoms with Crippen molar-refractivity contribution in [1.29, 1.82) is 0 Å². The molecule has 0 bridgehead atoms. The average molecular weight is 210 g/mol. The lowest BCUT2D eigenvalue weighted by Crippen LogP contribution is -2.19. The maximum absolute atomic E-state index is 4.08. The minimum atomic E-state index is 0.915. The molecule has 15 heavy (non-hydrogen) atoms. The third-order valence-corrected chi connectivity index (χ3v) is 2.43. The van der Waals surface area contributed by atoms with Crippen LogP contribution in [-0.2, 0) is 13.6 Å². The van der Waals surface area contributed by atoms with Crippen LogP contribution in [0.2, 0.25) is 0 Å². The number of nitrogens with one attached hydrogen (secondary N) is 1. The zero-order chi connectivity index (χ0) is 11.1. The Morgan fingerprint density at radius 2 is 2.20 bits per heavy atom. The molecule has 0 spiro atoms. The van der Waals surface area contributed by atoms with Gasteiger partial charge in [-0.1, -0.05) is 0 Å². The summed E-state index contributed by atoms with van der Waals surface area (Å²) < 4.78 is 2.05. The zero-order valence-electron chi connectivity index (χ0n) is 10.0. The van der Waals surface area contributed by atoms with Gasteiger partial charge in [-0.15, -0.1) is 0 Å². The molecule has 0 fully saturated rings. The van der Waals surface area contributed by atoms with Gasteiger partial charge in [0.2, 0.25) is 0 Å². The fourth-order valence-electron chi connectivity index (χ4n) is 1.45. The van der Waals surface area contributed by atoms with E-state index in [4.69, 9.17) is 0 Å². The maximum atomic E-state index is 4.08. The lowest BCUT2D eigenvalue weighted by atomic mass is 10.3. The van der Waals surface area contributed by atoms with E-state index in [0.29, 0.717) is 0 Å². The fourth-order valence-corrected chi connectivity index (χ4v) is 1.45. The largest absolute Gasteiger partial charge is 0.337 e. The van der Waals surface area contributed by atoms with Gasteiger partial charge in [-0.2, -0.15) is 0 Å². The lowest BCUT2D eigenvalue weighted by Gasteiger charge is -2.09. The Balaban J connectivity index is 2.00. The molecule has 0 amide bonds. The van der Waals surface area contributed by atoms with Crippen LogP contribution < -0.4 is 5.32 Å². The van der Waals surface area contributed by atoms with Gasteiger partial charge in [0.1, 0.15) is 0 Å². The number of nitrogens with zero attached hydrogens (tertiary/aromatic N) is 3. The van der Waals surface area contributed by atoms with Crippen LogP contribution in [0.1, 0.15) is 18.5 Å². The van der Waals surface area contributed by atoms with Crippen molar-refractivity contribution in [1.82, 2.24) is 19.8 Å². The first kappa shape index (κ1) is 12.2. The Morgan fingerprint density at radius 3 is 2.80 bits per heavy atom. The molecule has 0 aromatic carbocycles. The molecule has 86 valence electrons.